The fourth-order valence-electron chi connectivity index (χ4n) is 2.26. The summed E-state index contributed by atoms with van der Waals surface area (Å²) in [6.45, 7) is 2.54. The van der Waals surface area contributed by atoms with Crippen molar-refractivity contribution >= 4 is 0 Å². The smallest absolute Gasteiger partial charge is 0.119 e. The van der Waals surface area contributed by atoms with E-state index < -0.39 is 6.10 Å². The van der Waals surface area contributed by atoms with Crippen LogP contribution in [-0.4, -0.2) is 25.9 Å². The maximum Gasteiger partial charge on any atom is 0.119 e. The number of ether oxygens (including phenoxy) is 2. The molecule has 2 aromatic rings. The Labute approximate surface area is 131 Å². The predicted octanol–water partition coefficient (Wildman–Crippen LogP) is 3.09. The third-order valence-corrected chi connectivity index (χ3v) is 3.71. The van der Waals surface area contributed by atoms with Gasteiger partial charge < -0.3 is 19.9 Å². The zero-order valence-corrected chi connectivity index (χ0v) is 13.2. The molecule has 2 rings (SSSR count). The second-order valence-corrected chi connectivity index (χ2v) is 5.20. The number of methoxy groups -OCH3 is 2. The van der Waals surface area contributed by atoms with Gasteiger partial charge in [0.05, 0.1) is 20.3 Å². The lowest BCUT2D eigenvalue weighted by molar-refractivity contribution is 0.170. The van der Waals surface area contributed by atoms with Crippen LogP contribution in [0.1, 0.15) is 30.2 Å². The van der Waals surface area contributed by atoms with Gasteiger partial charge in [-0.1, -0.05) is 24.3 Å². The first kappa shape index (κ1) is 16.3. The zero-order valence-electron chi connectivity index (χ0n) is 13.2. The Hall–Kier alpha value is -2.04. The Morgan fingerprint density at radius 3 is 2.27 bits per heavy atom. The molecule has 0 amide bonds. The molecule has 0 aliphatic heterocycles. The van der Waals surface area contributed by atoms with Crippen molar-refractivity contribution in [2.24, 2.45) is 0 Å². The van der Waals surface area contributed by atoms with Crippen LogP contribution in [0.5, 0.6) is 11.5 Å². The minimum atomic E-state index is -0.557. The lowest BCUT2D eigenvalue weighted by atomic mass is 10.1. The highest BCUT2D eigenvalue weighted by atomic mass is 16.5. The van der Waals surface area contributed by atoms with E-state index in [4.69, 9.17) is 9.47 Å². The molecular formula is C18H23NO3. The van der Waals surface area contributed by atoms with E-state index in [1.165, 1.54) is 0 Å². The first-order valence-corrected chi connectivity index (χ1v) is 7.33. The first-order valence-electron chi connectivity index (χ1n) is 7.33. The second-order valence-electron chi connectivity index (χ2n) is 5.20. The molecule has 0 spiro atoms. The molecule has 0 saturated heterocycles. The fraction of sp³-hybridized carbons (Fsp3) is 0.333. The summed E-state index contributed by atoms with van der Waals surface area (Å²) in [5.41, 5.74) is 1.99. The lowest BCUT2D eigenvalue weighted by Crippen LogP contribution is -2.24. The van der Waals surface area contributed by atoms with Crippen molar-refractivity contribution < 1.29 is 14.6 Å². The number of hydrogen-bond acceptors (Lipinski definition) is 4. The van der Waals surface area contributed by atoms with Gasteiger partial charge in [-0.25, -0.2) is 0 Å². The molecule has 0 heterocycles. The average molecular weight is 301 g/mol. The summed E-state index contributed by atoms with van der Waals surface area (Å²) in [5, 5.41) is 13.6. The van der Waals surface area contributed by atoms with E-state index in [1.807, 2.05) is 48.5 Å². The number of rotatable bonds is 7. The summed E-state index contributed by atoms with van der Waals surface area (Å²) < 4.78 is 10.4. The topological polar surface area (TPSA) is 50.7 Å². The van der Waals surface area contributed by atoms with Crippen LogP contribution >= 0.6 is 0 Å². The van der Waals surface area contributed by atoms with E-state index in [0.29, 0.717) is 6.54 Å². The SMILES string of the molecule is COc1ccc(C(O)CNC(C)c2cccc(OC)c2)cc1. The average Bonchev–Trinajstić information content (AvgIpc) is 2.59. The van der Waals surface area contributed by atoms with Gasteiger partial charge in [0.1, 0.15) is 11.5 Å². The molecule has 4 nitrogen and oxygen atoms in total. The highest BCUT2D eigenvalue weighted by Gasteiger charge is 2.11. The molecule has 0 aliphatic rings. The van der Waals surface area contributed by atoms with Crippen LogP contribution in [-0.2, 0) is 0 Å². The van der Waals surface area contributed by atoms with Gasteiger partial charge in [0, 0.05) is 12.6 Å². The highest BCUT2D eigenvalue weighted by molar-refractivity contribution is 5.31. The van der Waals surface area contributed by atoms with Crippen LogP contribution in [0.3, 0.4) is 0 Å². The van der Waals surface area contributed by atoms with Crippen molar-refractivity contribution in [2.75, 3.05) is 20.8 Å². The summed E-state index contributed by atoms with van der Waals surface area (Å²) in [6, 6.07) is 15.5. The minimum absolute atomic E-state index is 0.128. The summed E-state index contributed by atoms with van der Waals surface area (Å²) in [4.78, 5) is 0. The van der Waals surface area contributed by atoms with Gasteiger partial charge in [0.2, 0.25) is 0 Å². The van der Waals surface area contributed by atoms with Crippen LogP contribution in [0.15, 0.2) is 48.5 Å². The molecule has 118 valence electrons. The first-order chi connectivity index (χ1) is 10.6. The van der Waals surface area contributed by atoms with Gasteiger partial charge in [-0.3, -0.25) is 0 Å². The molecule has 0 fully saturated rings. The predicted molar refractivity (Wildman–Crippen MR) is 87.4 cm³/mol. The molecular weight excluding hydrogens is 278 g/mol. The van der Waals surface area contributed by atoms with Crippen molar-refractivity contribution in [3.63, 3.8) is 0 Å². The molecule has 2 aromatic carbocycles. The van der Waals surface area contributed by atoms with E-state index in [0.717, 1.165) is 22.6 Å². The summed E-state index contributed by atoms with van der Waals surface area (Å²) in [7, 11) is 3.29. The maximum absolute atomic E-state index is 10.3. The van der Waals surface area contributed by atoms with Crippen LogP contribution in [0.2, 0.25) is 0 Å². The maximum atomic E-state index is 10.3. The van der Waals surface area contributed by atoms with Gasteiger partial charge in [0.25, 0.3) is 0 Å². The van der Waals surface area contributed by atoms with Crippen molar-refractivity contribution in [2.45, 2.75) is 19.1 Å². The van der Waals surface area contributed by atoms with Gasteiger partial charge in [-0.15, -0.1) is 0 Å². The third-order valence-electron chi connectivity index (χ3n) is 3.71. The van der Waals surface area contributed by atoms with E-state index in [2.05, 4.69) is 12.2 Å². The molecule has 0 saturated carbocycles. The minimum Gasteiger partial charge on any atom is -0.497 e. The van der Waals surface area contributed by atoms with Gasteiger partial charge in [-0.2, -0.15) is 0 Å². The van der Waals surface area contributed by atoms with Gasteiger partial charge in [-0.05, 0) is 42.3 Å². The van der Waals surface area contributed by atoms with Crippen LogP contribution in [0, 0.1) is 0 Å². The Bertz CT molecular complexity index is 583. The molecule has 2 atom stereocenters. The quantitative estimate of drug-likeness (QED) is 0.825. The monoisotopic (exact) mass is 301 g/mol. The number of aliphatic hydroxyl groups is 1. The third kappa shape index (κ3) is 4.23. The largest absolute Gasteiger partial charge is 0.497 e. The highest BCUT2D eigenvalue weighted by Crippen LogP contribution is 2.21. The molecule has 0 aliphatic carbocycles. The van der Waals surface area contributed by atoms with Gasteiger partial charge >= 0.3 is 0 Å². The Morgan fingerprint density at radius 2 is 1.64 bits per heavy atom. The molecule has 2 unspecified atom stereocenters. The van der Waals surface area contributed by atoms with Crippen LogP contribution in [0.25, 0.3) is 0 Å². The van der Waals surface area contributed by atoms with Crippen LogP contribution in [0.4, 0.5) is 0 Å². The standard InChI is InChI=1S/C18H23NO3/c1-13(15-5-4-6-17(11-15)22-3)19-12-18(20)14-7-9-16(21-2)10-8-14/h4-11,13,18-20H,12H2,1-3H3. The number of nitrogens with one attached hydrogen (secondary N) is 1. The van der Waals surface area contributed by atoms with Crippen molar-refractivity contribution in [3.05, 3.63) is 59.7 Å². The number of aliphatic hydroxyl groups excluding tert-OH is 1. The van der Waals surface area contributed by atoms with E-state index in [1.54, 1.807) is 14.2 Å². The van der Waals surface area contributed by atoms with Crippen molar-refractivity contribution in [3.8, 4) is 11.5 Å². The summed E-state index contributed by atoms with van der Waals surface area (Å²) in [5.74, 6) is 1.62. The Kier molecular flexibility index (Phi) is 5.81. The number of hydrogen-bond donors (Lipinski definition) is 2. The molecule has 0 aromatic heterocycles. The second kappa shape index (κ2) is 7.82. The molecule has 0 radical (unpaired) electrons. The Balaban J connectivity index is 1.92. The Morgan fingerprint density at radius 1 is 0.955 bits per heavy atom. The summed E-state index contributed by atoms with van der Waals surface area (Å²) >= 11 is 0. The van der Waals surface area contributed by atoms with Crippen LogP contribution < -0.4 is 14.8 Å². The van der Waals surface area contributed by atoms with Crippen molar-refractivity contribution in [1.82, 2.24) is 5.32 Å². The number of benzene rings is 2. The van der Waals surface area contributed by atoms with Gasteiger partial charge in [0.15, 0.2) is 0 Å². The lowest BCUT2D eigenvalue weighted by Gasteiger charge is -2.18. The molecule has 2 N–H and O–H groups in total. The van der Waals surface area contributed by atoms with E-state index in [-0.39, 0.29) is 6.04 Å². The molecule has 22 heavy (non-hydrogen) atoms. The van der Waals surface area contributed by atoms with Crippen molar-refractivity contribution in [1.29, 1.82) is 0 Å². The van der Waals surface area contributed by atoms with E-state index in [9.17, 15) is 5.11 Å². The molecule has 4 heteroatoms. The summed E-state index contributed by atoms with van der Waals surface area (Å²) in [6.07, 6.45) is -0.557. The zero-order chi connectivity index (χ0) is 15.9. The normalized spacial score (nSPS) is 13.5. The van der Waals surface area contributed by atoms with E-state index >= 15 is 0 Å². The molecule has 0 bridgehead atoms. The fourth-order valence-corrected chi connectivity index (χ4v) is 2.26.